The number of nitriles is 1. The molecular weight excluding hydrogens is 166 g/mol. The first-order valence-corrected chi connectivity index (χ1v) is 3.70. The van der Waals surface area contributed by atoms with E-state index in [2.05, 4.69) is 10.1 Å². The average molecular weight is 173 g/mol. The molecule has 0 unspecified atom stereocenters. The first-order chi connectivity index (χ1) is 6.24. The molecule has 0 amide bonds. The average Bonchev–Trinajstić information content (AvgIpc) is 2.44. The van der Waals surface area contributed by atoms with E-state index in [-0.39, 0.29) is 0 Å². The van der Waals surface area contributed by atoms with Crippen molar-refractivity contribution in [3.05, 3.63) is 18.1 Å². The third-order valence-corrected chi connectivity index (χ3v) is 1.88. The third-order valence-electron chi connectivity index (χ3n) is 1.88. The predicted molar refractivity (Wildman–Crippen MR) is 47.6 cm³/mol. The minimum atomic E-state index is 0.359. The largest absolute Gasteiger partial charge is 0.396 e. The highest BCUT2D eigenvalue weighted by Crippen LogP contribution is 2.20. The van der Waals surface area contributed by atoms with Crippen molar-refractivity contribution >= 4 is 16.6 Å². The van der Waals surface area contributed by atoms with E-state index < -0.39 is 0 Å². The number of pyridine rings is 1. The van der Waals surface area contributed by atoms with Gasteiger partial charge in [0.2, 0.25) is 0 Å². The summed E-state index contributed by atoms with van der Waals surface area (Å²) in [5.74, 6) is 0. The van der Waals surface area contributed by atoms with Gasteiger partial charge in [0, 0.05) is 13.2 Å². The van der Waals surface area contributed by atoms with Crippen LogP contribution in [-0.4, -0.2) is 14.8 Å². The highest BCUT2D eigenvalue weighted by molar-refractivity contribution is 5.91. The highest BCUT2D eigenvalue weighted by atomic mass is 15.3. The van der Waals surface area contributed by atoms with E-state index in [0.717, 1.165) is 5.52 Å². The quantitative estimate of drug-likeness (QED) is 0.626. The zero-order chi connectivity index (χ0) is 9.42. The summed E-state index contributed by atoms with van der Waals surface area (Å²) in [5, 5.41) is 13.4. The molecule has 0 aromatic carbocycles. The number of nitrogen functional groups attached to an aromatic ring is 1. The maximum absolute atomic E-state index is 8.75. The van der Waals surface area contributed by atoms with Crippen LogP contribution in [0.25, 0.3) is 10.9 Å². The van der Waals surface area contributed by atoms with Crippen LogP contribution in [0.3, 0.4) is 0 Å². The fraction of sp³-hybridized carbons (Fsp3) is 0.125. The van der Waals surface area contributed by atoms with Crippen molar-refractivity contribution in [2.45, 2.75) is 0 Å². The number of aromatic nitrogens is 3. The lowest BCUT2D eigenvalue weighted by Gasteiger charge is -1.96. The van der Waals surface area contributed by atoms with Gasteiger partial charge in [-0.15, -0.1) is 0 Å². The van der Waals surface area contributed by atoms with E-state index in [4.69, 9.17) is 11.0 Å². The molecule has 0 spiro atoms. The maximum Gasteiger partial charge on any atom is 0.171 e. The van der Waals surface area contributed by atoms with Crippen molar-refractivity contribution in [1.82, 2.24) is 14.8 Å². The van der Waals surface area contributed by atoms with Gasteiger partial charge in [-0.2, -0.15) is 10.4 Å². The van der Waals surface area contributed by atoms with Crippen LogP contribution in [0.15, 0.2) is 12.4 Å². The van der Waals surface area contributed by atoms with Gasteiger partial charge in [0.1, 0.15) is 6.07 Å². The van der Waals surface area contributed by atoms with Crippen LogP contribution in [0.1, 0.15) is 5.69 Å². The molecule has 13 heavy (non-hydrogen) atoms. The number of aryl methyl sites for hydroxylation is 1. The number of anilines is 1. The van der Waals surface area contributed by atoms with Gasteiger partial charge in [-0.3, -0.25) is 9.67 Å². The van der Waals surface area contributed by atoms with Crippen LogP contribution in [-0.2, 0) is 7.05 Å². The van der Waals surface area contributed by atoms with E-state index in [9.17, 15) is 0 Å². The second kappa shape index (κ2) is 2.45. The van der Waals surface area contributed by atoms with Crippen LogP contribution < -0.4 is 5.73 Å². The minimum Gasteiger partial charge on any atom is -0.396 e. The minimum absolute atomic E-state index is 0.359. The van der Waals surface area contributed by atoms with Gasteiger partial charge in [0.15, 0.2) is 5.69 Å². The number of nitrogens with two attached hydrogens (primary N) is 1. The van der Waals surface area contributed by atoms with Crippen molar-refractivity contribution in [1.29, 1.82) is 5.26 Å². The standard InChI is InChI=1S/C8H7N5/c1-13-8-5(7(2-9)12-13)3-11-4-6(8)10/h3-4H,10H2,1H3. The normalized spacial score (nSPS) is 10.2. The Morgan fingerprint density at radius 3 is 3.00 bits per heavy atom. The van der Waals surface area contributed by atoms with E-state index in [1.165, 1.54) is 0 Å². The first-order valence-electron chi connectivity index (χ1n) is 3.70. The van der Waals surface area contributed by atoms with Crippen molar-refractivity contribution in [3.8, 4) is 6.07 Å². The molecule has 0 aliphatic heterocycles. The van der Waals surface area contributed by atoms with Gasteiger partial charge in [-0.05, 0) is 0 Å². The Morgan fingerprint density at radius 2 is 2.31 bits per heavy atom. The van der Waals surface area contributed by atoms with E-state index in [1.807, 2.05) is 6.07 Å². The van der Waals surface area contributed by atoms with Gasteiger partial charge in [-0.1, -0.05) is 0 Å². The SMILES string of the molecule is Cn1nc(C#N)c2cncc(N)c21. The lowest BCUT2D eigenvalue weighted by atomic mass is 10.2. The van der Waals surface area contributed by atoms with Gasteiger partial charge < -0.3 is 5.73 Å². The van der Waals surface area contributed by atoms with E-state index in [0.29, 0.717) is 16.8 Å². The Bertz CT molecular complexity index is 505. The molecule has 0 bridgehead atoms. The second-order valence-corrected chi connectivity index (χ2v) is 2.71. The number of hydrogen-bond donors (Lipinski definition) is 1. The van der Waals surface area contributed by atoms with Gasteiger partial charge in [0.25, 0.3) is 0 Å². The third kappa shape index (κ3) is 0.924. The molecule has 0 radical (unpaired) electrons. The Kier molecular flexibility index (Phi) is 1.43. The molecule has 0 atom stereocenters. The summed E-state index contributed by atoms with van der Waals surface area (Å²) in [4.78, 5) is 3.90. The molecule has 5 heteroatoms. The molecular formula is C8H7N5. The lowest BCUT2D eigenvalue weighted by Crippen LogP contribution is -1.94. The smallest absolute Gasteiger partial charge is 0.171 e. The molecule has 5 nitrogen and oxygen atoms in total. The van der Waals surface area contributed by atoms with Crippen LogP contribution in [0.2, 0.25) is 0 Å². The summed E-state index contributed by atoms with van der Waals surface area (Å²) < 4.78 is 1.59. The maximum atomic E-state index is 8.75. The molecule has 2 heterocycles. The second-order valence-electron chi connectivity index (χ2n) is 2.71. The van der Waals surface area contributed by atoms with Gasteiger partial charge in [-0.25, -0.2) is 0 Å². The highest BCUT2D eigenvalue weighted by Gasteiger charge is 2.09. The molecule has 2 aromatic heterocycles. The summed E-state index contributed by atoms with van der Waals surface area (Å²) in [6.07, 6.45) is 3.14. The van der Waals surface area contributed by atoms with Crippen LogP contribution >= 0.6 is 0 Å². The monoisotopic (exact) mass is 173 g/mol. The van der Waals surface area contributed by atoms with Crippen LogP contribution in [0.5, 0.6) is 0 Å². The molecule has 2 aromatic rings. The van der Waals surface area contributed by atoms with Crippen molar-refractivity contribution in [2.75, 3.05) is 5.73 Å². The molecule has 0 aliphatic carbocycles. The van der Waals surface area contributed by atoms with E-state index >= 15 is 0 Å². The number of fused-ring (bicyclic) bond motifs is 1. The molecule has 0 aliphatic rings. The Hall–Kier alpha value is -2.09. The summed E-state index contributed by atoms with van der Waals surface area (Å²) in [5.41, 5.74) is 7.34. The number of hydrogen-bond acceptors (Lipinski definition) is 4. The van der Waals surface area contributed by atoms with Gasteiger partial charge >= 0.3 is 0 Å². The van der Waals surface area contributed by atoms with Crippen LogP contribution in [0, 0.1) is 11.3 Å². The van der Waals surface area contributed by atoms with Gasteiger partial charge in [0.05, 0.1) is 22.8 Å². The summed E-state index contributed by atoms with van der Waals surface area (Å²) in [7, 11) is 1.75. The topological polar surface area (TPSA) is 80.5 Å². The number of nitrogens with zero attached hydrogens (tertiary/aromatic N) is 4. The Balaban J connectivity index is 2.98. The summed E-state index contributed by atoms with van der Waals surface area (Å²) in [6.45, 7) is 0. The van der Waals surface area contributed by atoms with Crippen LogP contribution in [0.4, 0.5) is 5.69 Å². The van der Waals surface area contributed by atoms with Crippen molar-refractivity contribution in [3.63, 3.8) is 0 Å². The Morgan fingerprint density at radius 1 is 1.54 bits per heavy atom. The van der Waals surface area contributed by atoms with E-state index in [1.54, 1.807) is 24.1 Å². The zero-order valence-corrected chi connectivity index (χ0v) is 7.02. The first kappa shape index (κ1) is 7.55. The molecule has 2 rings (SSSR count). The lowest BCUT2D eigenvalue weighted by molar-refractivity contribution is 0.792. The van der Waals surface area contributed by atoms with Crippen molar-refractivity contribution < 1.29 is 0 Å². The number of rotatable bonds is 0. The molecule has 0 saturated heterocycles. The predicted octanol–water partition coefficient (Wildman–Crippen LogP) is 0.422. The fourth-order valence-electron chi connectivity index (χ4n) is 1.34. The molecule has 64 valence electrons. The molecule has 0 saturated carbocycles. The fourth-order valence-corrected chi connectivity index (χ4v) is 1.34. The molecule has 2 N–H and O–H groups in total. The van der Waals surface area contributed by atoms with Crippen molar-refractivity contribution in [2.24, 2.45) is 7.05 Å². The summed E-state index contributed by atoms with van der Waals surface area (Å²) in [6, 6.07) is 1.99. The summed E-state index contributed by atoms with van der Waals surface area (Å²) >= 11 is 0. The zero-order valence-electron chi connectivity index (χ0n) is 7.02. The Labute approximate surface area is 74.4 Å². The molecule has 0 fully saturated rings.